The maximum Gasteiger partial charge on any atom is 0.495 e. The van der Waals surface area contributed by atoms with E-state index in [0.29, 0.717) is 16.6 Å². The molecule has 174 valence electrons. The van der Waals surface area contributed by atoms with Gasteiger partial charge in [0.15, 0.2) is 17.7 Å². The number of hydrogen-bond acceptors (Lipinski definition) is 12. The molecule has 2 aromatic heterocycles. The van der Waals surface area contributed by atoms with Crippen molar-refractivity contribution in [3.8, 4) is 0 Å². The minimum absolute atomic E-state index is 0.146. The molecule has 2 aliphatic rings. The lowest BCUT2D eigenvalue weighted by atomic mass is 9.76. The predicted molar refractivity (Wildman–Crippen MR) is 105 cm³/mol. The third-order valence-corrected chi connectivity index (χ3v) is 5.90. The van der Waals surface area contributed by atoms with Gasteiger partial charge in [-0.3, -0.25) is 4.57 Å². The van der Waals surface area contributed by atoms with Gasteiger partial charge in [0.05, 0.1) is 27.4 Å². The number of nitrogen functional groups attached to an aromatic ring is 1. The van der Waals surface area contributed by atoms with E-state index in [0.717, 1.165) is 6.07 Å². The highest BCUT2D eigenvalue weighted by molar-refractivity contribution is 7.43. The van der Waals surface area contributed by atoms with Crippen LogP contribution in [0.25, 0.3) is 11.2 Å². The monoisotopic (exact) mass is 479 g/mol. The van der Waals surface area contributed by atoms with Crippen LogP contribution in [0, 0.1) is 5.82 Å². The van der Waals surface area contributed by atoms with E-state index in [9.17, 15) is 23.8 Å². The first kappa shape index (κ1) is 22.3. The first-order valence-electron chi connectivity index (χ1n) is 9.70. The molecule has 2 fully saturated rings. The summed E-state index contributed by atoms with van der Waals surface area (Å²) < 4.78 is 48.5. The molecule has 2 aliphatic heterocycles. The molecule has 5 rings (SSSR count). The van der Waals surface area contributed by atoms with Gasteiger partial charge in [-0.15, -0.1) is 0 Å². The topological polar surface area (TPSA) is 190 Å². The van der Waals surface area contributed by atoms with Crippen molar-refractivity contribution in [1.29, 1.82) is 0 Å². The smallest absolute Gasteiger partial charge is 0.495 e. The number of aliphatic hydroxyl groups is 1. The van der Waals surface area contributed by atoms with Crippen LogP contribution in [-0.2, 0) is 29.7 Å². The summed E-state index contributed by atoms with van der Waals surface area (Å²) in [5.41, 5.74) is 7.12. The number of fused-ring (bicyclic) bond motifs is 2. The van der Waals surface area contributed by atoms with Crippen LogP contribution in [0.15, 0.2) is 30.9 Å². The average molecular weight is 479 g/mol. The van der Waals surface area contributed by atoms with Crippen LogP contribution in [0.3, 0.4) is 0 Å². The highest BCUT2D eigenvalue weighted by Gasteiger charge is 2.55. The summed E-state index contributed by atoms with van der Waals surface area (Å²) >= 11 is 0. The summed E-state index contributed by atoms with van der Waals surface area (Å²) in [5, 5.41) is 9.62. The van der Waals surface area contributed by atoms with Gasteiger partial charge in [0.25, 0.3) is 0 Å². The quantitative estimate of drug-likeness (QED) is 0.292. The van der Waals surface area contributed by atoms with E-state index < -0.39 is 58.5 Å². The third-order valence-electron chi connectivity index (χ3n) is 5.43. The number of aromatic nitrogens is 4. The molecule has 0 spiro atoms. The molecule has 0 bridgehead atoms. The molecule has 3 N–H and O–H groups in total. The molecule has 0 unspecified atom stereocenters. The normalized spacial score (nSPS) is 25.2. The SMILES string of the molecule is Nc1ncnc2c1ncn2[C@@H]1O[C@H](COP(=O)([O-])[O-])[C@H]2OB(c3ccc(F)cc3CO)O[C@H]21. The Balaban J connectivity index is 1.49. The van der Waals surface area contributed by atoms with Crippen LogP contribution >= 0.6 is 7.82 Å². The minimum atomic E-state index is -5.28. The second-order valence-corrected chi connectivity index (χ2v) is 8.58. The molecular formula is C17H16BFN5O8P-2. The molecule has 0 aliphatic carbocycles. The van der Waals surface area contributed by atoms with Crippen LogP contribution in [-0.4, -0.2) is 56.7 Å². The molecular weight excluding hydrogens is 463 g/mol. The summed E-state index contributed by atoms with van der Waals surface area (Å²) in [6.07, 6.45) is -0.985. The van der Waals surface area contributed by atoms with E-state index in [-0.39, 0.29) is 11.4 Å². The van der Waals surface area contributed by atoms with E-state index in [1.165, 1.54) is 29.4 Å². The Morgan fingerprint density at radius 2 is 2.06 bits per heavy atom. The van der Waals surface area contributed by atoms with Crippen molar-refractivity contribution in [1.82, 2.24) is 19.5 Å². The second-order valence-electron chi connectivity index (χ2n) is 7.43. The molecule has 0 amide bonds. The summed E-state index contributed by atoms with van der Waals surface area (Å²) in [4.78, 5) is 34.3. The first-order chi connectivity index (χ1) is 15.7. The average Bonchev–Trinajstić information content (AvgIpc) is 3.46. The largest absolute Gasteiger partial charge is 0.790 e. The molecule has 13 nitrogen and oxygen atoms in total. The minimum Gasteiger partial charge on any atom is -0.790 e. The van der Waals surface area contributed by atoms with Crippen molar-refractivity contribution in [2.24, 2.45) is 0 Å². The maximum absolute atomic E-state index is 13.6. The van der Waals surface area contributed by atoms with Gasteiger partial charge in [0.1, 0.15) is 36.0 Å². The standard InChI is InChI=1S/C17H18BFN5O8P/c19-9-1-2-10(8(3-9)4-25)18-31-13-11(5-29-33(26,27)28)30-17(14(13)32-18)24-7-23-12-15(20)21-6-22-16(12)24/h1-3,6-7,11,13-14,17,25H,4-5H2,(H2,20,21,22)(H2,26,27,28)/p-2/t11-,13-,14-,17-/m1/s1. The summed E-state index contributed by atoms with van der Waals surface area (Å²) in [5.74, 6) is -0.399. The molecule has 1 aromatic carbocycles. The zero-order valence-corrected chi connectivity index (χ0v) is 17.6. The van der Waals surface area contributed by atoms with Crippen LogP contribution in [0.4, 0.5) is 10.2 Å². The Bertz CT molecular complexity index is 1240. The Labute approximate surface area is 185 Å². The van der Waals surface area contributed by atoms with E-state index in [1.54, 1.807) is 0 Å². The molecule has 0 radical (unpaired) electrons. The number of halogens is 1. The number of imidazole rings is 1. The zero-order valence-electron chi connectivity index (χ0n) is 16.7. The number of nitrogens with two attached hydrogens (primary N) is 1. The molecule has 0 saturated carbocycles. The predicted octanol–water partition coefficient (Wildman–Crippen LogP) is -2.04. The Morgan fingerprint density at radius 1 is 1.27 bits per heavy atom. The number of benzene rings is 1. The zero-order chi connectivity index (χ0) is 23.3. The van der Waals surface area contributed by atoms with Crippen molar-refractivity contribution in [2.45, 2.75) is 31.1 Å². The lowest BCUT2D eigenvalue weighted by Gasteiger charge is -2.30. The van der Waals surface area contributed by atoms with Crippen molar-refractivity contribution in [2.75, 3.05) is 12.3 Å². The summed E-state index contributed by atoms with van der Waals surface area (Å²) in [7, 11) is -6.31. The van der Waals surface area contributed by atoms with Gasteiger partial charge in [0, 0.05) is 0 Å². The van der Waals surface area contributed by atoms with E-state index in [4.69, 9.17) is 19.8 Å². The van der Waals surface area contributed by atoms with Crippen LogP contribution < -0.4 is 21.0 Å². The van der Waals surface area contributed by atoms with Crippen molar-refractivity contribution < 1.29 is 42.4 Å². The number of phosphoric ester groups is 1. The fourth-order valence-electron chi connectivity index (χ4n) is 4.00. The van der Waals surface area contributed by atoms with Gasteiger partial charge in [0.2, 0.25) is 0 Å². The molecule has 2 saturated heterocycles. The van der Waals surface area contributed by atoms with Gasteiger partial charge in [-0.05, 0) is 23.2 Å². The maximum atomic E-state index is 13.6. The van der Waals surface area contributed by atoms with Crippen LogP contribution in [0.5, 0.6) is 0 Å². The number of nitrogens with zero attached hydrogens (tertiary/aromatic N) is 4. The third kappa shape index (κ3) is 4.13. The summed E-state index contributed by atoms with van der Waals surface area (Å²) in [6.45, 7) is -1.08. The molecule has 16 heteroatoms. The van der Waals surface area contributed by atoms with Crippen molar-refractivity contribution >= 4 is 37.4 Å². The molecule has 33 heavy (non-hydrogen) atoms. The Morgan fingerprint density at radius 3 is 2.82 bits per heavy atom. The highest BCUT2D eigenvalue weighted by Crippen LogP contribution is 2.41. The van der Waals surface area contributed by atoms with Crippen molar-refractivity contribution in [3.63, 3.8) is 0 Å². The lowest BCUT2D eigenvalue weighted by Crippen LogP contribution is -2.39. The number of ether oxygens (including phenoxy) is 1. The Hall–Kier alpha value is -2.49. The van der Waals surface area contributed by atoms with E-state index in [1.807, 2.05) is 0 Å². The van der Waals surface area contributed by atoms with Crippen molar-refractivity contribution in [3.05, 3.63) is 42.2 Å². The number of phosphoric acid groups is 1. The summed E-state index contributed by atoms with van der Waals surface area (Å²) in [6, 6.07) is 3.76. The Kier molecular flexibility index (Phi) is 5.67. The fourth-order valence-corrected chi connectivity index (χ4v) is 4.33. The first-order valence-corrected chi connectivity index (χ1v) is 11.2. The van der Waals surface area contributed by atoms with E-state index >= 15 is 0 Å². The lowest BCUT2D eigenvalue weighted by molar-refractivity contribution is -0.343. The number of anilines is 1. The van der Waals surface area contributed by atoms with E-state index in [2.05, 4.69) is 19.5 Å². The number of hydrogen-bond donors (Lipinski definition) is 2. The number of aliphatic hydroxyl groups excluding tert-OH is 1. The highest BCUT2D eigenvalue weighted by atomic mass is 31.2. The van der Waals surface area contributed by atoms with Gasteiger partial charge in [-0.1, -0.05) is 6.07 Å². The molecule has 3 aromatic rings. The van der Waals surface area contributed by atoms with Crippen LogP contribution in [0.2, 0.25) is 0 Å². The fraction of sp³-hybridized carbons (Fsp3) is 0.353. The van der Waals surface area contributed by atoms with Gasteiger partial charge in [-0.25, -0.2) is 19.3 Å². The number of rotatable bonds is 6. The second kappa shape index (κ2) is 8.38. The molecule has 4 atom stereocenters. The van der Waals surface area contributed by atoms with Gasteiger partial charge >= 0.3 is 7.12 Å². The van der Waals surface area contributed by atoms with Gasteiger partial charge < -0.3 is 43.8 Å². The molecule has 4 heterocycles. The van der Waals surface area contributed by atoms with Gasteiger partial charge in [-0.2, -0.15) is 0 Å². The van der Waals surface area contributed by atoms with Crippen LogP contribution in [0.1, 0.15) is 11.8 Å².